The quantitative estimate of drug-likeness (QED) is 0.846. The Balaban J connectivity index is 2.53. The Morgan fingerprint density at radius 2 is 1.86 bits per heavy atom. The molecule has 0 radical (unpaired) electrons. The molecule has 2 atom stereocenters. The van der Waals surface area contributed by atoms with Gasteiger partial charge in [0.2, 0.25) is 5.91 Å². The number of hydrogen-bond donors (Lipinski definition) is 2. The molecule has 6 heteroatoms. The number of hydrogen-bond acceptors (Lipinski definition) is 3. The van der Waals surface area contributed by atoms with Gasteiger partial charge in [-0.2, -0.15) is 0 Å². The largest absolute Gasteiger partial charge is 0.351 e. The van der Waals surface area contributed by atoms with E-state index in [9.17, 15) is 9.59 Å². The standard InChI is InChI=1S/C15H22ClN3O2/c1-10(12-4-6-13(16)7-5-12)11(2)19(3)9-8-14(20)18-15(17)21/h4-7,10-11H,8-9H2,1-3H3,(H3,17,18,20,21)/t10-,11+/m0/s1. The molecule has 0 heterocycles. The van der Waals surface area contributed by atoms with E-state index in [0.717, 1.165) is 5.02 Å². The number of benzene rings is 1. The number of carbonyl (C=O) groups excluding carboxylic acids is 2. The van der Waals surface area contributed by atoms with Gasteiger partial charge in [0.15, 0.2) is 0 Å². The van der Waals surface area contributed by atoms with Crippen LogP contribution in [0.3, 0.4) is 0 Å². The zero-order chi connectivity index (χ0) is 16.0. The number of urea groups is 1. The van der Waals surface area contributed by atoms with E-state index < -0.39 is 6.03 Å². The molecule has 1 aromatic carbocycles. The van der Waals surface area contributed by atoms with Crippen LogP contribution < -0.4 is 11.1 Å². The maximum absolute atomic E-state index is 11.4. The number of nitrogens with two attached hydrogens (primary N) is 1. The van der Waals surface area contributed by atoms with Gasteiger partial charge in [0.25, 0.3) is 0 Å². The van der Waals surface area contributed by atoms with Crippen molar-refractivity contribution in [1.82, 2.24) is 10.2 Å². The maximum Gasteiger partial charge on any atom is 0.318 e. The Bertz CT molecular complexity index is 490. The normalized spacial score (nSPS) is 13.8. The third-order valence-corrected chi connectivity index (χ3v) is 4.02. The molecule has 0 aliphatic rings. The molecule has 0 bridgehead atoms. The summed E-state index contributed by atoms with van der Waals surface area (Å²) in [6, 6.07) is 7.20. The Kier molecular flexibility index (Phi) is 6.65. The van der Waals surface area contributed by atoms with Crippen LogP contribution in [0.5, 0.6) is 0 Å². The molecule has 1 rings (SSSR count). The van der Waals surface area contributed by atoms with Gasteiger partial charge < -0.3 is 10.6 Å². The van der Waals surface area contributed by atoms with Crippen LogP contribution in [0.25, 0.3) is 0 Å². The third kappa shape index (κ3) is 5.73. The predicted octanol–water partition coefficient (Wildman–Crippen LogP) is 2.35. The van der Waals surface area contributed by atoms with Gasteiger partial charge in [-0.3, -0.25) is 10.1 Å². The van der Waals surface area contributed by atoms with Crippen molar-refractivity contribution in [3.8, 4) is 0 Å². The second kappa shape index (κ2) is 8.00. The van der Waals surface area contributed by atoms with E-state index in [1.54, 1.807) is 0 Å². The van der Waals surface area contributed by atoms with Crippen molar-refractivity contribution in [2.75, 3.05) is 13.6 Å². The van der Waals surface area contributed by atoms with Crippen molar-refractivity contribution in [2.24, 2.45) is 5.73 Å². The number of rotatable bonds is 6. The summed E-state index contributed by atoms with van der Waals surface area (Å²) in [5, 5.41) is 2.78. The van der Waals surface area contributed by atoms with Gasteiger partial charge in [-0.1, -0.05) is 30.7 Å². The summed E-state index contributed by atoms with van der Waals surface area (Å²) in [6.07, 6.45) is 0.233. The molecule has 0 fully saturated rings. The summed E-state index contributed by atoms with van der Waals surface area (Å²) in [6.45, 7) is 4.79. The van der Waals surface area contributed by atoms with E-state index in [0.29, 0.717) is 12.5 Å². The average molecular weight is 312 g/mol. The van der Waals surface area contributed by atoms with Gasteiger partial charge in [0.05, 0.1) is 0 Å². The number of primary amides is 1. The summed E-state index contributed by atoms with van der Waals surface area (Å²) < 4.78 is 0. The Morgan fingerprint density at radius 1 is 1.29 bits per heavy atom. The molecule has 116 valence electrons. The second-order valence-corrected chi connectivity index (χ2v) is 5.66. The van der Waals surface area contributed by atoms with Crippen LogP contribution in [0.15, 0.2) is 24.3 Å². The van der Waals surface area contributed by atoms with Gasteiger partial charge in [-0.05, 0) is 37.6 Å². The number of imide groups is 1. The van der Waals surface area contributed by atoms with Crippen LogP contribution in [0.2, 0.25) is 5.02 Å². The first kappa shape index (κ1) is 17.5. The smallest absolute Gasteiger partial charge is 0.318 e. The number of likely N-dealkylation sites (N-methyl/N-ethyl adjacent to an activating group) is 1. The van der Waals surface area contributed by atoms with Crippen LogP contribution in [-0.2, 0) is 4.79 Å². The molecule has 0 saturated heterocycles. The third-order valence-electron chi connectivity index (χ3n) is 3.77. The topological polar surface area (TPSA) is 75.4 Å². The zero-order valence-corrected chi connectivity index (χ0v) is 13.4. The Morgan fingerprint density at radius 3 is 2.38 bits per heavy atom. The number of nitrogens with zero attached hydrogens (tertiary/aromatic N) is 1. The van der Waals surface area contributed by atoms with Crippen molar-refractivity contribution >= 4 is 23.5 Å². The lowest BCUT2D eigenvalue weighted by Crippen LogP contribution is -2.39. The lowest BCUT2D eigenvalue weighted by Gasteiger charge is -2.30. The highest BCUT2D eigenvalue weighted by molar-refractivity contribution is 6.30. The maximum atomic E-state index is 11.4. The molecule has 0 aromatic heterocycles. The molecule has 5 nitrogen and oxygen atoms in total. The first-order chi connectivity index (χ1) is 9.81. The zero-order valence-electron chi connectivity index (χ0n) is 12.6. The van der Waals surface area contributed by atoms with E-state index in [4.69, 9.17) is 17.3 Å². The second-order valence-electron chi connectivity index (χ2n) is 5.22. The molecule has 0 spiro atoms. The van der Waals surface area contributed by atoms with Gasteiger partial charge >= 0.3 is 6.03 Å². The van der Waals surface area contributed by atoms with Crippen molar-refractivity contribution in [2.45, 2.75) is 32.2 Å². The highest BCUT2D eigenvalue weighted by atomic mass is 35.5. The first-order valence-corrected chi connectivity index (χ1v) is 7.24. The molecule has 3 N–H and O–H groups in total. The fraction of sp³-hybridized carbons (Fsp3) is 0.467. The van der Waals surface area contributed by atoms with Crippen LogP contribution in [0.4, 0.5) is 4.79 Å². The molecule has 1 aromatic rings. The molecule has 0 aliphatic heterocycles. The fourth-order valence-electron chi connectivity index (χ4n) is 2.11. The van der Waals surface area contributed by atoms with E-state index in [-0.39, 0.29) is 18.4 Å². The number of amides is 3. The molecule has 0 saturated carbocycles. The lowest BCUT2D eigenvalue weighted by atomic mass is 9.93. The predicted molar refractivity (Wildman–Crippen MR) is 84.3 cm³/mol. The van der Waals surface area contributed by atoms with Crippen molar-refractivity contribution in [3.63, 3.8) is 0 Å². The van der Waals surface area contributed by atoms with E-state index in [1.807, 2.05) is 31.3 Å². The SMILES string of the molecule is C[C@H](c1ccc(Cl)cc1)[C@@H](C)N(C)CCC(=O)NC(N)=O. The monoisotopic (exact) mass is 311 g/mol. The fourth-order valence-corrected chi connectivity index (χ4v) is 2.23. The number of halogens is 1. The number of nitrogens with one attached hydrogen (secondary N) is 1. The van der Waals surface area contributed by atoms with Crippen molar-refractivity contribution in [1.29, 1.82) is 0 Å². The van der Waals surface area contributed by atoms with E-state index in [1.165, 1.54) is 5.56 Å². The van der Waals surface area contributed by atoms with Crippen LogP contribution >= 0.6 is 11.6 Å². The van der Waals surface area contributed by atoms with Crippen molar-refractivity contribution < 1.29 is 9.59 Å². The van der Waals surface area contributed by atoms with Crippen LogP contribution in [0, 0.1) is 0 Å². The van der Waals surface area contributed by atoms with Crippen LogP contribution in [-0.4, -0.2) is 36.5 Å². The molecule has 3 amide bonds. The summed E-state index contributed by atoms with van der Waals surface area (Å²) in [7, 11) is 1.95. The summed E-state index contributed by atoms with van der Waals surface area (Å²) in [4.78, 5) is 24.1. The number of carbonyl (C=O) groups is 2. The average Bonchev–Trinajstić information content (AvgIpc) is 2.43. The van der Waals surface area contributed by atoms with E-state index in [2.05, 4.69) is 24.1 Å². The molecular weight excluding hydrogens is 290 g/mol. The van der Waals surface area contributed by atoms with Crippen molar-refractivity contribution in [3.05, 3.63) is 34.9 Å². The van der Waals surface area contributed by atoms with Gasteiger partial charge in [-0.25, -0.2) is 4.79 Å². The minimum absolute atomic E-state index is 0.233. The van der Waals surface area contributed by atoms with Gasteiger partial charge in [0.1, 0.15) is 0 Å². The highest BCUT2D eigenvalue weighted by Crippen LogP contribution is 2.23. The Hall–Kier alpha value is -1.59. The molecule has 0 aliphatic carbocycles. The summed E-state index contributed by atoms with van der Waals surface area (Å²) >= 11 is 5.89. The lowest BCUT2D eigenvalue weighted by molar-refractivity contribution is -0.120. The van der Waals surface area contributed by atoms with Gasteiger partial charge in [0, 0.05) is 24.0 Å². The summed E-state index contributed by atoms with van der Waals surface area (Å²) in [5.41, 5.74) is 6.10. The van der Waals surface area contributed by atoms with Gasteiger partial charge in [-0.15, -0.1) is 0 Å². The molecule has 0 unspecified atom stereocenters. The van der Waals surface area contributed by atoms with E-state index >= 15 is 0 Å². The minimum atomic E-state index is -0.815. The van der Waals surface area contributed by atoms with Crippen LogP contribution in [0.1, 0.15) is 31.7 Å². The first-order valence-electron chi connectivity index (χ1n) is 6.86. The minimum Gasteiger partial charge on any atom is -0.351 e. The summed E-state index contributed by atoms with van der Waals surface area (Å²) in [5.74, 6) is -0.0628. The Labute approximate surface area is 130 Å². The highest BCUT2D eigenvalue weighted by Gasteiger charge is 2.19. The molecule has 21 heavy (non-hydrogen) atoms. The molecular formula is C15H22ClN3O2.